The molecule has 0 aromatic carbocycles. The van der Waals surface area contributed by atoms with Crippen LogP contribution < -0.4 is 0 Å². The minimum Gasteiger partial charge on any atom is -0.469 e. The Hall–Kier alpha value is -2.76. The lowest BCUT2D eigenvalue weighted by Crippen LogP contribution is -2.20. The lowest BCUT2D eigenvalue weighted by molar-refractivity contribution is 0.0959. The smallest absolute Gasteiger partial charge is 0.251 e. The van der Waals surface area contributed by atoms with Crippen LogP contribution in [0.25, 0.3) is 5.95 Å². The number of carbonyl (C=O) groups excluding carboxylic acids is 1. The molecule has 1 atom stereocenters. The van der Waals surface area contributed by atoms with Crippen molar-refractivity contribution in [3.8, 4) is 5.95 Å². The van der Waals surface area contributed by atoms with E-state index < -0.39 is 0 Å². The number of aromatic nitrogens is 4. The molecule has 0 spiro atoms. The number of aryl methyl sites for hydroxylation is 2. The van der Waals surface area contributed by atoms with Gasteiger partial charge in [-0.2, -0.15) is 5.10 Å². The number of hydrogen-bond acceptors (Lipinski definition) is 5. The first-order valence-corrected chi connectivity index (χ1v) is 7.58. The summed E-state index contributed by atoms with van der Waals surface area (Å²) >= 11 is 0. The summed E-state index contributed by atoms with van der Waals surface area (Å²) in [6, 6.07) is 5.67. The van der Waals surface area contributed by atoms with Crippen molar-refractivity contribution in [2.45, 2.75) is 32.6 Å². The number of fused-ring (bicyclic) bond motifs is 1. The van der Waals surface area contributed by atoms with Gasteiger partial charge in [-0.25, -0.2) is 14.6 Å². The second kappa shape index (κ2) is 5.15. The number of rotatable bonds is 2. The van der Waals surface area contributed by atoms with E-state index in [1.807, 2.05) is 32.0 Å². The molecule has 0 bridgehead atoms. The minimum absolute atomic E-state index is 0.0337. The molecule has 0 saturated heterocycles. The van der Waals surface area contributed by atoms with Crippen molar-refractivity contribution in [1.82, 2.24) is 19.7 Å². The van der Waals surface area contributed by atoms with Gasteiger partial charge in [-0.3, -0.25) is 4.79 Å². The predicted octanol–water partition coefficient (Wildman–Crippen LogP) is 2.78. The molecule has 0 N–H and O–H groups in total. The van der Waals surface area contributed by atoms with Crippen LogP contribution in [0.15, 0.2) is 35.1 Å². The molecule has 0 amide bonds. The zero-order valence-corrected chi connectivity index (χ0v) is 13.0. The Morgan fingerprint density at radius 2 is 2.00 bits per heavy atom. The van der Waals surface area contributed by atoms with Gasteiger partial charge in [0.05, 0.1) is 23.7 Å². The maximum absolute atomic E-state index is 12.4. The van der Waals surface area contributed by atoms with Gasteiger partial charge < -0.3 is 4.42 Å². The fraction of sp³-hybridized carbons (Fsp3) is 0.294. The Bertz CT molecular complexity index is 860. The summed E-state index contributed by atoms with van der Waals surface area (Å²) in [5.41, 5.74) is 3.27. The fourth-order valence-electron chi connectivity index (χ4n) is 3.14. The van der Waals surface area contributed by atoms with Crippen molar-refractivity contribution in [2.75, 3.05) is 0 Å². The Kier molecular flexibility index (Phi) is 3.11. The van der Waals surface area contributed by atoms with Crippen molar-refractivity contribution in [3.63, 3.8) is 0 Å². The summed E-state index contributed by atoms with van der Waals surface area (Å²) in [6.07, 6.45) is 4.39. The second-order valence-corrected chi connectivity index (χ2v) is 5.91. The molecule has 1 aliphatic rings. The highest BCUT2D eigenvalue weighted by Gasteiger charge is 2.31. The first kappa shape index (κ1) is 13.9. The van der Waals surface area contributed by atoms with Crippen LogP contribution in [0.1, 0.15) is 45.5 Å². The summed E-state index contributed by atoms with van der Waals surface area (Å²) in [4.78, 5) is 21.3. The van der Waals surface area contributed by atoms with Gasteiger partial charge in [0.2, 0.25) is 0 Å². The molecule has 0 unspecified atom stereocenters. The van der Waals surface area contributed by atoms with Gasteiger partial charge in [-0.05, 0) is 32.0 Å². The third kappa shape index (κ3) is 2.36. The van der Waals surface area contributed by atoms with Gasteiger partial charge in [0.25, 0.3) is 5.95 Å². The maximum Gasteiger partial charge on any atom is 0.251 e. The standard InChI is InChI=1S/C17H16N4O2/c1-10-6-11(2)20-17(19-10)21-14-7-12(16-4-3-5-23-16)8-15(22)13(14)9-18-21/h3-6,9,12H,7-8H2,1-2H3/t12-/m0/s1. The number of carbonyl (C=O) groups is 1. The number of nitrogens with zero attached hydrogens (tertiary/aromatic N) is 4. The quantitative estimate of drug-likeness (QED) is 0.728. The lowest BCUT2D eigenvalue weighted by Gasteiger charge is -2.20. The summed E-state index contributed by atoms with van der Waals surface area (Å²) in [5, 5.41) is 4.36. The molecule has 3 heterocycles. The number of ketones is 1. The summed E-state index contributed by atoms with van der Waals surface area (Å²) in [5.74, 6) is 1.46. The summed E-state index contributed by atoms with van der Waals surface area (Å²) < 4.78 is 7.17. The van der Waals surface area contributed by atoms with E-state index in [1.165, 1.54) is 0 Å². The van der Waals surface area contributed by atoms with E-state index in [1.54, 1.807) is 17.1 Å². The van der Waals surface area contributed by atoms with Gasteiger partial charge in [-0.1, -0.05) is 0 Å². The van der Waals surface area contributed by atoms with E-state index in [2.05, 4.69) is 15.1 Å². The van der Waals surface area contributed by atoms with Gasteiger partial charge in [0, 0.05) is 30.1 Å². The first-order valence-electron chi connectivity index (χ1n) is 7.58. The molecule has 6 nitrogen and oxygen atoms in total. The average Bonchev–Trinajstić information content (AvgIpc) is 3.15. The molecule has 3 aromatic rings. The van der Waals surface area contributed by atoms with Crippen LogP contribution in [-0.4, -0.2) is 25.5 Å². The van der Waals surface area contributed by atoms with Crippen LogP contribution >= 0.6 is 0 Å². The highest BCUT2D eigenvalue weighted by molar-refractivity contribution is 5.98. The summed E-state index contributed by atoms with van der Waals surface area (Å²) in [6.45, 7) is 3.84. The molecule has 6 heteroatoms. The van der Waals surface area contributed by atoms with Crippen LogP contribution in [0.2, 0.25) is 0 Å². The van der Waals surface area contributed by atoms with Crippen molar-refractivity contribution in [1.29, 1.82) is 0 Å². The maximum atomic E-state index is 12.4. The third-order valence-corrected chi connectivity index (χ3v) is 4.15. The zero-order valence-electron chi connectivity index (χ0n) is 13.0. The molecule has 1 aliphatic carbocycles. The average molecular weight is 308 g/mol. The lowest BCUT2D eigenvalue weighted by atomic mass is 9.85. The molecular weight excluding hydrogens is 292 g/mol. The molecule has 3 aromatic heterocycles. The topological polar surface area (TPSA) is 73.8 Å². The predicted molar refractivity (Wildman–Crippen MR) is 82.7 cm³/mol. The van der Waals surface area contributed by atoms with Crippen molar-refractivity contribution >= 4 is 5.78 Å². The molecule has 4 rings (SSSR count). The Balaban J connectivity index is 1.79. The van der Waals surface area contributed by atoms with Gasteiger partial charge in [0.15, 0.2) is 5.78 Å². The molecule has 23 heavy (non-hydrogen) atoms. The Labute approximate surface area is 133 Å². The van der Waals surface area contributed by atoms with Gasteiger partial charge in [0.1, 0.15) is 5.76 Å². The molecule has 0 fully saturated rings. The van der Waals surface area contributed by atoms with Crippen molar-refractivity contribution in [3.05, 3.63) is 59.1 Å². The SMILES string of the molecule is Cc1cc(C)nc(-n2ncc3c2C[C@H](c2ccco2)CC3=O)n1. The highest BCUT2D eigenvalue weighted by atomic mass is 16.3. The molecule has 0 aliphatic heterocycles. The van der Waals surface area contributed by atoms with Crippen LogP contribution in [0, 0.1) is 13.8 Å². The first-order chi connectivity index (χ1) is 11.1. The molecule has 116 valence electrons. The number of Topliss-reactive ketones (excluding diaryl/α,β-unsaturated/α-hetero) is 1. The molecular formula is C17H16N4O2. The van der Waals surface area contributed by atoms with Crippen LogP contribution in [0.5, 0.6) is 0 Å². The van der Waals surface area contributed by atoms with Crippen LogP contribution in [0.4, 0.5) is 0 Å². The Morgan fingerprint density at radius 3 is 2.70 bits per heavy atom. The van der Waals surface area contributed by atoms with E-state index in [0.29, 0.717) is 24.4 Å². The van der Waals surface area contributed by atoms with E-state index >= 15 is 0 Å². The largest absolute Gasteiger partial charge is 0.469 e. The van der Waals surface area contributed by atoms with Gasteiger partial charge >= 0.3 is 0 Å². The van der Waals surface area contributed by atoms with Crippen molar-refractivity contribution < 1.29 is 9.21 Å². The molecule has 0 radical (unpaired) electrons. The van der Waals surface area contributed by atoms with Gasteiger partial charge in [-0.15, -0.1) is 0 Å². The zero-order chi connectivity index (χ0) is 16.0. The summed E-state index contributed by atoms with van der Waals surface area (Å²) in [7, 11) is 0. The van der Waals surface area contributed by atoms with E-state index in [9.17, 15) is 4.79 Å². The normalized spacial score (nSPS) is 17.3. The third-order valence-electron chi connectivity index (χ3n) is 4.15. The Morgan fingerprint density at radius 1 is 1.22 bits per heavy atom. The van der Waals surface area contributed by atoms with E-state index in [4.69, 9.17) is 4.42 Å². The second-order valence-electron chi connectivity index (χ2n) is 5.91. The van der Waals surface area contributed by atoms with E-state index in [0.717, 1.165) is 22.8 Å². The monoisotopic (exact) mass is 308 g/mol. The minimum atomic E-state index is 0.0337. The number of furan rings is 1. The van der Waals surface area contributed by atoms with E-state index in [-0.39, 0.29) is 11.7 Å². The number of hydrogen-bond donors (Lipinski definition) is 0. The fourth-order valence-corrected chi connectivity index (χ4v) is 3.14. The molecule has 0 saturated carbocycles. The van der Waals surface area contributed by atoms with Crippen molar-refractivity contribution in [2.24, 2.45) is 0 Å². The van der Waals surface area contributed by atoms with Crippen LogP contribution in [0.3, 0.4) is 0 Å². The van der Waals surface area contributed by atoms with Crippen LogP contribution in [-0.2, 0) is 6.42 Å². The highest BCUT2D eigenvalue weighted by Crippen LogP contribution is 2.33.